The lowest BCUT2D eigenvalue weighted by Gasteiger charge is -2.20. The molecule has 1 aromatic heterocycles. The summed E-state index contributed by atoms with van der Waals surface area (Å²) in [7, 11) is 3.53. The number of halogens is 2. The number of nitrogens with zero attached hydrogens (tertiary/aromatic N) is 2. The minimum absolute atomic E-state index is 0. The molecule has 0 bridgehead atoms. The molecule has 0 aliphatic heterocycles. The highest BCUT2D eigenvalue weighted by Crippen LogP contribution is 2.18. The number of amides is 1. The van der Waals surface area contributed by atoms with Crippen LogP contribution in [0.25, 0.3) is 0 Å². The van der Waals surface area contributed by atoms with E-state index >= 15 is 0 Å². The van der Waals surface area contributed by atoms with Crippen LogP contribution < -0.4 is 10.6 Å². The van der Waals surface area contributed by atoms with Crippen molar-refractivity contribution in [3.05, 3.63) is 53.1 Å². The summed E-state index contributed by atoms with van der Waals surface area (Å²) in [6.45, 7) is 3.58. The topological polar surface area (TPSA) is 59.0 Å². The van der Waals surface area contributed by atoms with Crippen LogP contribution in [-0.2, 0) is 11.8 Å². The van der Waals surface area contributed by atoms with Crippen LogP contribution in [0.1, 0.15) is 35.7 Å². The third-order valence-electron chi connectivity index (χ3n) is 3.65. The number of aryl methyl sites for hydroxylation is 2. The van der Waals surface area contributed by atoms with E-state index in [0.717, 1.165) is 11.1 Å². The lowest BCUT2D eigenvalue weighted by Crippen LogP contribution is -2.37. The van der Waals surface area contributed by atoms with Gasteiger partial charge in [0.15, 0.2) is 0 Å². The molecule has 0 spiro atoms. The fourth-order valence-corrected chi connectivity index (χ4v) is 2.36. The van der Waals surface area contributed by atoms with Crippen molar-refractivity contribution in [2.75, 3.05) is 7.05 Å². The fraction of sp³-hybridized carbons (Fsp3) is 0.375. The average Bonchev–Trinajstić information content (AvgIpc) is 2.89. The quantitative estimate of drug-likeness (QED) is 0.879. The predicted molar refractivity (Wildman–Crippen MR) is 90.0 cm³/mol. The third kappa shape index (κ3) is 4.53. The summed E-state index contributed by atoms with van der Waals surface area (Å²) in [4.78, 5) is 12.4. The molecule has 5 nitrogen and oxygen atoms in total. The first-order valence-electron chi connectivity index (χ1n) is 7.14. The van der Waals surface area contributed by atoms with Crippen LogP contribution in [0.4, 0.5) is 4.39 Å². The molecule has 0 aliphatic carbocycles. The zero-order valence-corrected chi connectivity index (χ0v) is 14.4. The normalized spacial score (nSPS) is 13.1. The number of hydrogen-bond acceptors (Lipinski definition) is 3. The van der Waals surface area contributed by atoms with Crippen LogP contribution in [-0.4, -0.2) is 22.7 Å². The summed E-state index contributed by atoms with van der Waals surface area (Å²) in [5.41, 5.74) is 2.23. The van der Waals surface area contributed by atoms with Crippen LogP contribution in [0.5, 0.6) is 0 Å². The van der Waals surface area contributed by atoms with Crippen LogP contribution in [0.3, 0.4) is 0 Å². The van der Waals surface area contributed by atoms with E-state index in [1.54, 1.807) is 50.2 Å². The van der Waals surface area contributed by atoms with Crippen LogP contribution in [0.15, 0.2) is 30.6 Å². The van der Waals surface area contributed by atoms with Gasteiger partial charge < -0.3 is 10.6 Å². The number of benzene rings is 1. The summed E-state index contributed by atoms with van der Waals surface area (Å²) in [6, 6.07) is 4.17. The Morgan fingerprint density at radius 2 is 2.04 bits per heavy atom. The van der Waals surface area contributed by atoms with E-state index in [9.17, 15) is 9.18 Å². The first kappa shape index (κ1) is 19.1. The van der Waals surface area contributed by atoms with Gasteiger partial charge in [0, 0.05) is 18.8 Å². The Bertz CT molecular complexity index is 674. The minimum atomic E-state index is -0.474. The van der Waals surface area contributed by atoms with Gasteiger partial charge in [0.1, 0.15) is 11.9 Å². The molecule has 2 unspecified atom stereocenters. The van der Waals surface area contributed by atoms with Crippen molar-refractivity contribution >= 4 is 18.3 Å². The van der Waals surface area contributed by atoms with Gasteiger partial charge in [0.2, 0.25) is 5.91 Å². The van der Waals surface area contributed by atoms with Crippen molar-refractivity contribution in [1.29, 1.82) is 0 Å². The molecule has 0 aliphatic rings. The second-order valence-corrected chi connectivity index (χ2v) is 5.41. The number of carbonyl (C=O) groups excluding carboxylic acids is 1. The summed E-state index contributed by atoms with van der Waals surface area (Å²) in [5.74, 6) is -0.393. The zero-order chi connectivity index (χ0) is 16.3. The highest BCUT2D eigenvalue weighted by Gasteiger charge is 2.22. The Morgan fingerprint density at radius 1 is 1.35 bits per heavy atom. The Kier molecular flexibility index (Phi) is 6.72. The molecular formula is C16H22ClFN4O. The van der Waals surface area contributed by atoms with E-state index in [0.29, 0.717) is 5.56 Å². The number of nitrogens with one attached hydrogen (secondary N) is 2. The van der Waals surface area contributed by atoms with E-state index < -0.39 is 6.04 Å². The maximum atomic E-state index is 13.3. The van der Waals surface area contributed by atoms with Crippen molar-refractivity contribution in [2.24, 2.45) is 7.05 Å². The van der Waals surface area contributed by atoms with Gasteiger partial charge in [-0.2, -0.15) is 5.10 Å². The predicted octanol–water partition coefficient (Wildman–Crippen LogP) is 2.43. The molecule has 7 heteroatoms. The molecule has 2 aromatic rings. The number of rotatable bonds is 5. The van der Waals surface area contributed by atoms with Gasteiger partial charge in [-0.25, -0.2) is 4.39 Å². The molecule has 0 fully saturated rings. The lowest BCUT2D eigenvalue weighted by molar-refractivity contribution is -0.123. The monoisotopic (exact) mass is 340 g/mol. The largest absolute Gasteiger partial charge is 0.348 e. The van der Waals surface area contributed by atoms with Crippen molar-refractivity contribution in [1.82, 2.24) is 20.4 Å². The lowest BCUT2D eigenvalue weighted by atomic mass is 10.0. The van der Waals surface area contributed by atoms with E-state index in [-0.39, 0.29) is 30.2 Å². The number of likely N-dealkylation sites (N-methyl/N-ethyl adjacent to an activating group) is 1. The molecule has 2 rings (SSSR count). The van der Waals surface area contributed by atoms with Crippen molar-refractivity contribution in [3.8, 4) is 0 Å². The maximum Gasteiger partial charge on any atom is 0.242 e. The molecule has 1 amide bonds. The second kappa shape index (κ2) is 8.08. The van der Waals surface area contributed by atoms with Crippen molar-refractivity contribution < 1.29 is 9.18 Å². The molecule has 0 saturated heterocycles. The van der Waals surface area contributed by atoms with Crippen molar-refractivity contribution in [2.45, 2.75) is 25.9 Å². The van der Waals surface area contributed by atoms with Gasteiger partial charge in [0.05, 0.1) is 12.2 Å². The molecule has 0 saturated carbocycles. The SMILES string of the molecule is CNC(C(=O)NC(C)c1ccc(F)c(C)c1)c1cnn(C)c1.Cl. The Labute approximate surface area is 141 Å². The zero-order valence-electron chi connectivity index (χ0n) is 13.6. The molecule has 2 atom stereocenters. The molecule has 1 aromatic carbocycles. The van der Waals surface area contributed by atoms with Crippen LogP contribution in [0.2, 0.25) is 0 Å². The fourth-order valence-electron chi connectivity index (χ4n) is 2.36. The van der Waals surface area contributed by atoms with Gasteiger partial charge >= 0.3 is 0 Å². The minimum Gasteiger partial charge on any atom is -0.348 e. The molecule has 1 heterocycles. The number of aromatic nitrogens is 2. The van der Waals surface area contributed by atoms with Gasteiger partial charge in [-0.1, -0.05) is 12.1 Å². The van der Waals surface area contributed by atoms with E-state index in [2.05, 4.69) is 15.7 Å². The Hall–Kier alpha value is -1.92. The second-order valence-electron chi connectivity index (χ2n) is 5.41. The first-order valence-corrected chi connectivity index (χ1v) is 7.14. The summed E-state index contributed by atoms with van der Waals surface area (Å²) >= 11 is 0. The average molecular weight is 341 g/mol. The summed E-state index contributed by atoms with van der Waals surface area (Å²) in [6.07, 6.45) is 3.46. The molecule has 2 N–H and O–H groups in total. The number of hydrogen-bond donors (Lipinski definition) is 2. The van der Waals surface area contributed by atoms with Crippen LogP contribution >= 0.6 is 12.4 Å². The van der Waals surface area contributed by atoms with Gasteiger partial charge in [-0.3, -0.25) is 9.48 Å². The van der Waals surface area contributed by atoms with E-state index in [1.165, 1.54) is 6.07 Å². The Morgan fingerprint density at radius 3 is 2.57 bits per heavy atom. The standard InChI is InChI=1S/C16H21FN4O.ClH/c1-10-7-12(5-6-14(10)17)11(2)20-16(22)15(18-3)13-8-19-21(4)9-13;/h5-9,11,15,18H,1-4H3,(H,20,22);1H. The van der Waals surface area contributed by atoms with Gasteiger partial charge in [-0.15, -0.1) is 12.4 Å². The Balaban J connectivity index is 0.00000264. The highest BCUT2D eigenvalue weighted by molar-refractivity contribution is 5.85. The maximum absolute atomic E-state index is 13.3. The first-order chi connectivity index (χ1) is 10.4. The van der Waals surface area contributed by atoms with E-state index in [4.69, 9.17) is 0 Å². The van der Waals surface area contributed by atoms with Crippen LogP contribution in [0, 0.1) is 12.7 Å². The number of carbonyl (C=O) groups is 1. The van der Waals surface area contributed by atoms with Crippen molar-refractivity contribution in [3.63, 3.8) is 0 Å². The van der Waals surface area contributed by atoms with E-state index in [1.807, 2.05) is 6.92 Å². The summed E-state index contributed by atoms with van der Waals surface area (Å²) in [5, 5.41) is 10.0. The van der Waals surface area contributed by atoms with Gasteiger partial charge in [-0.05, 0) is 38.1 Å². The third-order valence-corrected chi connectivity index (χ3v) is 3.65. The van der Waals surface area contributed by atoms with Gasteiger partial charge in [0.25, 0.3) is 0 Å². The molecular weight excluding hydrogens is 319 g/mol. The molecule has 23 heavy (non-hydrogen) atoms. The summed E-state index contributed by atoms with van der Waals surface area (Å²) < 4.78 is 15.0. The molecule has 0 radical (unpaired) electrons. The molecule has 126 valence electrons. The smallest absolute Gasteiger partial charge is 0.242 e. The highest BCUT2D eigenvalue weighted by atomic mass is 35.5.